The van der Waals surface area contributed by atoms with Gasteiger partial charge in [-0.15, -0.1) is 0 Å². The first-order valence-corrected chi connectivity index (χ1v) is 9.19. The fourth-order valence-corrected chi connectivity index (χ4v) is 2.37. The zero-order valence-electron chi connectivity index (χ0n) is 16.6. The molecule has 0 saturated heterocycles. The van der Waals surface area contributed by atoms with Gasteiger partial charge >= 0.3 is 0 Å². The Labute approximate surface area is 166 Å². The number of hydrogen-bond acceptors (Lipinski definition) is 4. The van der Waals surface area contributed by atoms with E-state index in [-0.39, 0.29) is 22.9 Å². The standard InChI is InChI=1S/C24H24N2O2/c1-17(2)25-21-13-9-19(11-15-23(21)27)7-5-6-8-20-10-14-22(26-18(3)4)24(28)16-12-20/h9-18H,1-4H3,(H,25,27)(H,26,28). The summed E-state index contributed by atoms with van der Waals surface area (Å²) in [5.74, 6) is 11.4. The molecule has 2 N–H and O–H groups in total. The monoisotopic (exact) mass is 372 g/mol. The summed E-state index contributed by atoms with van der Waals surface area (Å²) in [4.78, 5) is 24.0. The minimum Gasteiger partial charge on any atom is -0.380 e. The van der Waals surface area contributed by atoms with Crippen LogP contribution in [0.1, 0.15) is 38.8 Å². The number of anilines is 2. The summed E-state index contributed by atoms with van der Waals surface area (Å²) in [7, 11) is 0. The lowest BCUT2D eigenvalue weighted by Gasteiger charge is -2.06. The minimum absolute atomic E-state index is 0.0798. The normalized spacial score (nSPS) is 9.79. The smallest absolute Gasteiger partial charge is 0.201 e. The van der Waals surface area contributed by atoms with E-state index in [9.17, 15) is 9.59 Å². The second kappa shape index (κ2) is 10.00. The predicted molar refractivity (Wildman–Crippen MR) is 117 cm³/mol. The SMILES string of the molecule is CC(C)Nc1ccc(C#CC#Cc2ccc(NC(C)C)c(=O)cc2)ccc1=O. The Hall–Kier alpha value is -3.50. The van der Waals surface area contributed by atoms with Crippen LogP contribution in [0.25, 0.3) is 0 Å². The summed E-state index contributed by atoms with van der Waals surface area (Å²) in [6.45, 7) is 7.90. The molecule has 0 heterocycles. The lowest BCUT2D eigenvalue weighted by atomic mass is 10.2. The first kappa shape index (κ1) is 20.8. The van der Waals surface area contributed by atoms with Crippen LogP contribution >= 0.6 is 0 Å². The molecule has 0 aliphatic rings. The highest BCUT2D eigenvalue weighted by Crippen LogP contribution is 2.04. The average molecular weight is 372 g/mol. The second-order valence-corrected chi connectivity index (χ2v) is 6.90. The number of rotatable bonds is 4. The third kappa shape index (κ3) is 6.67. The third-order valence-corrected chi connectivity index (χ3v) is 3.58. The van der Waals surface area contributed by atoms with Gasteiger partial charge in [-0.25, -0.2) is 0 Å². The highest BCUT2D eigenvalue weighted by atomic mass is 16.1. The van der Waals surface area contributed by atoms with Gasteiger partial charge in [-0.2, -0.15) is 0 Å². The van der Waals surface area contributed by atoms with Crippen LogP contribution in [0.3, 0.4) is 0 Å². The van der Waals surface area contributed by atoms with Crippen molar-refractivity contribution in [2.75, 3.05) is 10.6 Å². The fraction of sp³-hybridized carbons (Fsp3) is 0.250. The molecule has 2 aromatic rings. The van der Waals surface area contributed by atoms with Gasteiger partial charge in [0.05, 0.1) is 11.4 Å². The van der Waals surface area contributed by atoms with Crippen molar-refractivity contribution < 1.29 is 0 Å². The molecule has 0 aliphatic heterocycles. The van der Waals surface area contributed by atoms with E-state index >= 15 is 0 Å². The molecule has 28 heavy (non-hydrogen) atoms. The summed E-state index contributed by atoms with van der Waals surface area (Å²) in [6.07, 6.45) is 0. The van der Waals surface area contributed by atoms with Gasteiger partial charge in [0, 0.05) is 23.2 Å². The van der Waals surface area contributed by atoms with Crippen LogP contribution in [-0.2, 0) is 0 Å². The molecule has 0 amide bonds. The van der Waals surface area contributed by atoms with E-state index in [0.717, 1.165) is 0 Å². The van der Waals surface area contributed by atoms with Crippen molar-refractivity contribution in [3.8, 4) is 23.7 Å². The van der Waals surface area contributed by atoms with E-state index in [4.69, 9.17) is 0 Å². The van der Waals surface area contributed by atoms with Gasteiger partial charge in [0.15, 0.2) is 0 Å². The Bertz CT molecular complexity index is 993. The largest absolute Gasteiger partial charge is 0.380 e. The van der Waals surface area contributed by atoms with Crippen molar-refractivity contribution in [1.29, 1.82) is 0 Å². The van der Waals surface area contributed by atoms with Crippen LogP contribution in [0.4, 0.5) is 11.4 Å². The van der Waals surface area contributed by atoms with Gasteiger partial charge in [-0.1, -0.05) is 11.8 Å². The topological polar surface area (TPSA) is 58.2 Å². The van der Waals surface area contributed by atoms with E-state index in [1.165, 1.54) is 12.1 Å². The van der Waals surface area contributed by atoms with Crippen molar-refractivity contribution in [2.24, 2.45) is 0 Å². The Morgan fingerprint density at radius 1 is 0.607 bits per heavy atom. The molecule has 4 nitrogen and oxygen atoms in total. The van der Waals surface area contributed by atoms with Crippen LogP contribution in [0.15, 0.2) is 58.1 Å². The zero-order valence-corrected chi connectivity index (χ0v) is 16.6. The van der Waals surface area contributed by atoms with Crippen molar-refractivity contribution in [3.63, 3.8) is 0 Å². The lowest BCUT2D eigenvalue weighted by molar-refractivity contribution is 0.898. The Balaban J connectivity index is 2.21. The molecule has 0 radical (unpaired) electrons. The van der Waals surface area contributed by atoms with Crippen LogP contribution in [-0.4, -0.2) is 12.1 Å². The molecule has 0 saturated carbocycles. The van der Waals surface area contributed by atoms with Crippen LogP contribution in [0.5, 0.6) is 0 Å². The first-order valence-electron chi connectivity index (χ1n) is 9.19. The van der Waals surface area contributed by atoms with Gasteiger partial charge in [0.1, 0.15) is 0 Å². The molecule has 2 rings (SSSR count). The van der Waals surface area contributed by atoms with Crippen LogP contribution < -0.4 is 21.5 Å². The van der Waals surface area contributed by atoms with Gasteiger partial charge in [0.2, 0.25) is 10.9 Å². The quantitative estimate of drug-likeness (QED) is 0.807. The molecular weight excluding hydrogens is 348 g/mol. The van der Waals surface area contributed by atoms with E-state index < -0.39 is 0 Å². The van der Waals surface area contributed by atoms with Crippen molar-refractivity contribution in [2.45, 2.75) is 39.8 Å². The van der Waals surface area contributed by atoms with Gasteiger partial charge in [-0.05, 0) is 88.1 Å². The highest BCUT2D eigenvalue weighted by Gasteiger charge is 1.99. The molecule has 0 bridgehead atoms. The van der Waals surface area contributed by atoms with Crippen molar-refractivity contribution >= 4 is 11.4 Å². The molecular formula is C24H24N2O2. The zero-order chi connectivity index (χ0) is 20.5. The number of nitrogens with one attached hydrogen (secondary N) is 2. The highest BCUT2D eigenvalue weighted by molar-refractivity contribution is 5.50. The Morgan fingerprint density at radius 3 is 1.32 bits per heavy atom. The van der Waals surface area contributed by atoms with Gasteiger partial charge in [-0.3, -0.25) is 9.59 Å². The summed E-state index contributed by atoms with van der Waals surface area (Å²) < 4.78 is 0. The predicted octanol–water partition coefficient (Wildman–Crippen LogP) is 3.45. The Morgan fingerprint density at radius 2 is 0.964 bits per heavy atom. The summed E-state index contributed by atoms with van der Waals surface area (Å²) >= 11 is 0. The molecule has 0 aromatic heterocycles. The molecule has 0 unspecified atom stereocenters. The fourth-order valence-electron chi connectivity index (χ4n) is 2.37. The molecule has 0 atom stereocenters. The van der Waals surface area contributed by atoms with E-state index in [1.807, 2.05) is 27.7 Å². The average Bonchev–Trinajstić information content (AvgIpc) is 2.90. The second-order valence-electron chi connectivity index (χ2n) is 6.90. The third-order valence-electron chi connectivity index (χ3n) is 3.58. The number of hydrogen-bond donors (Lipinski definition) is 2. The maximum Gasteiger partial charge on any atom is 0.201 e. The summed E-state index contributed by atoms with van der Waals surface area (Å²) in [5, 5.41) is 6.23. The summed E-state index contributed by atoms with van der Waals surface area (Å²) in [6, 6.07) is 13.7. The maximum absolute atomic E-state index is 12.0. The molecule has 0 fully saturated rings. The van der Waals surface area contributed by atoms with Crippen molar-refractivity contribution in [1.82, 2.24) is 0 Å². The van der Waals surface area contributed by atoms with Crippen LogP contribution in [0.2, 0.25) is 0 Å². The van der Waals surface area contributed by atoms with Gasteiger partial charge < -0.3 is 10.6 Å². The van der Waals surface area contributed by atoms with E-state index in [2.05, 4.69) is 34.3 Å². The molecule has 0 aliphatic carbocycles. The van der Waals surface area contributed by atoms with E-state index in [1.54, 1.807) is 36.4 Å². The molecule has 2 aromatic carbocycles. The molecule has 142 valence electrons. The summed E-state index contributed by atoms with van der Waals surface area (Å²) in [5.41, 5.74) is 2.34. The molecule has 4 heteroatoms. The minimum atomic E-state index is -0.0798. The lowest BCUT2D eigenvalue weighted by Crippen LogP contribution is -2.15. The first-order chi connectivity index (χ1) is 13.3. The van der Waals surface area contributed by atoms with E-state index in [0.29, 0.717) is 22.5 Å². The van der Waals surface area contributed by atoms with Gasteiger partial charge in [0.25, 0.3) is 0 Å². The Kier molecular flexibility index (Phi) is 7.43. The van der Waals surface area contributed by atoms with Crippen molar-refractivity contribution in [3.05, 3.63) is 80.1 Å². The van der Waals surface area contributed by atoms with Crippen LogP contribution in [0, 0.1) is 23.7 Å². The molecule has 0 spiro atoms. The maximum atomic E-state index is 12.0.